The van der Waals surface area contributed by atoms with Crippen LogP contribution in [-0.4, -0.2) is 37.0 Å². The number of nitrogens with zero attached hydrogens (tertiary/aromatic N) is 5. The van der Waals surface area contributed by atoms with Gasteiger partial charge < -0.3 is 9.88 Å². The molecule has 0 radical (unpaired) electrons. The van der Waals surface area contributed by atoms with Gasteiger partial charge in [-0.1, -0.05) is 11.3 Å². The molecule has 25 heavy (non-hydrogen) atoms. The lowest BCUT2D eigenvalue weighted by Gasteiger charge is -2.04. The Morgan fingerprint density at radius 3 is 2.76 bits per heavy atom. The van der Waals surface area contributed by atoms with Crippen LogP contribution in [0.25, 0.3) is 0 Å². The molecule has 0 aliphatic heterocycles. The van der Waals surface area contributed by atoms with Crippen molar-refractivity contribution in [3.63, 3.8) is 0 Å². The minimum absolute atomic E-state index is 0.0966. The third-order valence-corrected chi connectivity index (χ3v) is 3.59. The van der Waals surface area contributed by atoms with E-state index in [1.165, 1.54) is 29.1 Å². The molecule has 130 valence electrons. The van der Waals surface area contributed by atoms with Gasteiger partial charge in [-0.2, -0.15) is 0 Å². The number of halogens is 2. The van der Waals surface area contributed by atoms with Gasteiger partial charge in [0.25, 0.3) is 5.91 Å². The molecule has 0 saturated carbocycles. The molecule has 0 atom stereocenters. The maximum absolute atomic E-state index is 13.6. The van der Waals surface area contributed by atoms with Crippen LogP contribution in [-0.2, 0) is 13.1 Å². The third kappa shape index (κ3) is 4.25. The zero-order chi connectivity index (χ0) is 17.6. The molecular weight excluding hydrogens is 330 g/mol. The topological polar surface area (TPSA) is 77.6 Å². The third-order valence-electron chi connectivity index (χ3n) is 3.59. The van der Waals surface area contributed by atoms with E-state index >= 15 is 0 Å². The van der Waals surface area contributed by atoms with Crippen LogP contribution in [0, 0.1) is 11.6 Å². The molecule has 7 nitrogen and oxygen atoms in total. The van der Waals surface area contributed by atoms with E-state index in [2.05, 4.69) is 20.6 Å². The second-order valence-electron chi connectivity index (χ2n) is 5.41. The van der Waals surface area contributed by atoms with Gasteiger partial charge in [0.05, 0.1) is 19.1 Å². The summed E-state index contributed by atoms with van der Waals surface area (Å²) in [7, 11) is 0. The first-order valence-electron chi connectivity index (χ1n) is 7.70. The fourth-order valence-corrected chi connectivity index (χ4v) is 2.30. The lowest BCUT2D eigenvalue weighted by Crippen LogP contribution is -2.25. The number of carbonyl (C=O) groups is 1. The van der Waals surface area contributed by atoms with Gasteiger partial charge in [-0.25, -0.2) is 18.4 Å². The number of aryl methyl sites for hydroxylation is 1. The van der Waals surface area contributed by atoms with E-state index in [1.54, 1.807) is 12.5 Å². The van der Waals surface area contributed by atoms with Crippen LogP contribution in [0.15, 0.2) is 43.1 Å². The highest BCUT2D eigenvalue weighted by molar-refractivity contribution is 5.91. The molecule has 0 saturated heterocycles. The van der Waals surface area contributed by atoms with Crippen molar-refractivity contribution in [2.24, 2.45) is 0 Å². The Labute approximate surface area is 142 Å². The first-order valence-corrected chi connectivity index (χ1v) is 7.70. The van der Waals surface area contributed by atoms with E-state index in [1.807, 2.05) is 10.8 Å². The Hall–Kier alpha value is -3.10. The predicted octanol–water partition coefficient (Wildman–Crippen LogP) is 1.62. The van der Waals surface area contributed by atoms with Crippen molar-refractivity contribution in [2.75, 3.05) is 6.54 Å². The summed E-state index contributed by atoms with van der Waals surface area (Å²) in [5, 5.41) is 10.2. The minimum atomic E-state index is -0.666. The summed E-state index contributed by atoms with van der Waals surface area (Å²) in [5.41, 5.74) is -0.0286. The quantitative estimate of drug-likeness (QED) is 0.660. The zero-order valence-electron chi connectivity index (χ0n) is 13.3. The average Bonchev–Trinajstić information content (AvgIpc) is 3.27. The van der Waals surface area contributed by atoms with E-state index in [9.17, 15) is 13.6 Å². The molecule has 1 amide bonds. The van der Waals surface area contributed by atoms with Gasteiger partial charge in [-0.15, -0.1) is 5.10 Å². The molecule has 9 heteroatoms. The lowest BCUT2D eigenvalue weighted by molar-refractivity contribution is 0.0947. The van der Waals surface area contributed by atoms with Crippen LogP contribution in [0.3, 0.4) is 0 Å². The Bertz CT molecular complexity index is 826. The summed E-state index contributed by atoms with van der Waals surface area (Å²) >= 11 is 0. The number of amides is 1. The Balaban J connectivity index is 1.53. The van der Waals surface area contributed by atoms with Gasteiger partial charge >= 0.3 is 0 Å². The first kappa shape index (κ1) is 16.7. The fraction of sp³-hybridized carbons (Fsp3) is 0.250. The minimum Gasteiger partial charge on any atom is -0.351 e. The summed E-state index contributed by atoms with van der Waals surface area (Å²) in [6, 6.07) is 3.63. The van der Waals surface area contributed by atoms with Crippen LogP contribution in [0.2, 0.25) is 0 Å². The first-order chi connectivity index (χ1) is 12.1. The predicted molar refractivity (Wildman–Crippen MR) is 84.7 cm³/mol. The summed E-state index contributed by atoms with van der Waals surface area (Å²) in [6.45, 7) is 1.06. The van der Waals surface area contributed by atoms with Crippen molar-refractivity contribution in [1.29, 1.82) is 0 Å². The summed E-state index contributed by atoms with van der Waals surface area (Å²) < 4.78 is 30.4. The van der Waals surface area contributed by atoms with Crippen LogP contribution < -0.4 is 5.32 Å². The van der Waals surface area contributed by atoms with Crippen LogP contribution >= 0.6 is 0 Å². The summed E-state index contributed by atoms with van der Waals surface area (Å²) in [4.78, 5) is 15.9. The highest BCUT2D eigenvalue weighted by Gasteiger charge is 2.13. The molecule has 1 N–H and O–H groups in total. The smallest absolute Gasteiger partial charge is 0.273 e. The maximum Gasteiger partial charge on any atom is 0.273 e. The number of imidazole rings is 1. The van der Waals surface area contributed by atoms with Gasteiger partial charge in [0.15, 0.2) is 5.69 Å². The molecule has 2 heterocycles. The molecule has 0 spiro atoms. The second-order valence-corrected chi connectivity index (χ2v) is 5.41. The zero-order valence-corrected chi connectivity index (χ0v) is 13.3. The van der Waals surface area contributed by atoms with Gasteiger partial charge in [0, 0.05) is 31.0 Å². The van der Waals surface area contributed by atoms with Crippen molar-refractivity contribution < 1.29 is 13.6 Å². The molecule has 3 rings (SSSR count). The van der Waals surface area contributed by atoms with Crippen molar-refractivity contribution in [3.05, 3.63) is 66.0 Å². The van der Waals surface area contributed by atoms with Crippen molar-refractivity contribution in [3.8, 4) is 0 Å². The van der Waals surface area contributed by atoms with E-state index in [4.69, 9.17) is 0 Å². The van der Waals surface area contributed by atoms with Gasteiger partial charge in [-0.05, 0) is 18.6 Å². The van der Waals surface area contributed by atoms with Crippen LogP contribution in [0.1, 0.15) is 22.5 Å². The molecule has 0 unspecified atom stereocenters. The fourth-order valence-electron chi connectivity index (χ4n) is 2.30. The van der Waals surface area contributed by atoms with Gasteiger partial charge in [0.2, 0.25) is 0 Å². The number of aromatic nitrogens is 5. The molecule has 2 aromatic heterocycles. The monoisotopic (exact) mass is 346 g/mol. The maximum atomic E-state index is 13.6. The Morgan fingerprint density at radius 1 is 1.24 bits per heavy atom. The number of hydrogen-bond acceptors (Lipinski definition) is 4. The number of hydrogen-bond donors (Lipinski definition) is 1. The van der Waals surface area contributed by atoms with Crippen molar-refractivity contribution >= 4 is 5.91 Å². The van der Waals surface area contributed by atoms with E-state index < -0.39 is 11.6 Å². The molecule has 0 fully saturated rings. The number of carbonyl (C=O) groups excluding carboxylic acids is 1. The number of nitrogens with one attached hydrogen (secondary N) is 1. The van der Waals surface area contributed by atoms with Crippen molar-refractivity contribution in [1.82, 2.24) is 29.9 Å². The molecule has 3 aromatic rings. The van der Waals surface area contributed by atoms with Crippen molar-refractivity contribution in [2.45, 2.75) is 19.5 Å². The summed E-state index contributed by atoms with van der Waals surface area (Å²) in [6.07, 6.45) is 7.33. The molecule has 0 aliphatic rings. The van der Waals surface area contributed by atoms with Gasteiger partial charge in [0.1, 0.15) is 11.6 Å². The van der Waals surface area contributed by atoms with Gasteiger partial charge in [-0.3, -0.25) is 4.79 Å². The SMILES string of the molecule is O=C(NCCCn1ccnc1)c1cn(Cc2c(F)cccc2F)nn1. The highest BCUT2D eigenvalue weighted by atomic mass is 19.1. The van der Waals surface area contributed by atoms with E-state index in [0.717, 1.165) is 13.0 Å². The van der Waals surface area contributed by atoms with E-state index in [0.29, 0.717) is 6.54 Å². The van der Waals surface area contributed by atoms with E-state index in [-0.39, 0.29) is 23.7 Å². The molecular formula is C16H16F2N6O. The molecule has 1 aromatic carbocycles. The largest absolute Gasteiger partial charge is 0.351 e. The number of rotatable bonds is 7. The molecule has 0 aliphatic carbocycles. The lowest BCUT2D eigenvalue weighted by atomic mass is 10.2. The summed E-state index contributed by atoms with van der Waals surface area (Å²) in [5.74, 6) is -1.71. The van der Waals surface area contributed by atoms with Crippen LogP contribution in [0.5, 0.6) is 0 Å². The Morgan fingerprint density at radius 2 is 2.04 bits per heavy atom. The van der Waals surface area contributed by atoms with Crippen LogP contribution in [0.4, 0.5) is 8.78 Å². The number of benzene rings is 1. The molecule has 0 bridgehead atoms. The standard InChI is InChI=1S/C16H16F2N6O/c17-13-3-1-4-14(18)12(13)9-24-10-15(21-22-24)16(25)20-5-2-7-23-8-6-19-11-23/h1,3-4,6,8,10-11H,2,5,7,9H2,(H,20,25). The second kappa shape index (κ2) is 7.65. The average molecular weight is 346 g/mol. The normalized spacial score (nSPS) is 10.8. The highest BCUT2D eigenvalue weighted by Crippen LogP contribution is 2.13. The Kier molecular flexibility index (Phi) is 5.12.